The van der Waals surface area contributed by atoms with E-state index in [2.05, 4.69) is 33.5 Å². The maximum Gasteiger partial charge on any atom is 0.164 e. The second-order valence-electron chi connectivity index (χ2n) is 6.99. The fourth-order valence-corrected chi connectivity index (χ4v) is 4.44. The molecule has 2 N–H and O–H groups in total. The summed E-state index contributed by atoms with van der Waals surface area (Å²) in [7, 11) is 0. The summed E-state index contributed by atoms with van der Waals surface area (Å²) in [5.74, 6) is 0.305. The zero-order chi connectivity index (χ0) is 16.1. The molecule has 0 unspecified atom stereocenters. The normalized spacial score (nSPS) is 19.1. The van der Waals surface area contributed by atoms with Gasteiger partial charge < -0.3 is 10.3 Å². The third-order valence-corrected chi connectivity index (χ3v) is 5.71. The lowest BCUT2D eigenvalue weighted by Gasteiger charge is -2.34. The number of benzene rings is 1. The van der Waals surface area contributed by atoms with Crippen LogP contribution in [0.25, 0.3) is 22.2 Å². The Hall–Kier alpha value is -2.46. The predicted octanol–water partition coefficient (Wildman–Crippen LogP) is 3.44. The first kappa shape index (κ1) is 13.9. The van der Waals surface area contributed by atoms with Crippen molar-refractivity contribution in [2.24, 2.45) is 0 Å². The van der Waals surface area contributed by atoms with Crippen LogP contribution in [0.5, 0.6) is 0 Å². The number of aromatic nitrogens is 2. The van der Waals surface area contributed by atoms with E-state index >= 15 is 0 Å². The largest absolute Gasteiger partial charge is 0.346 e. The number of rotatable bonds is 1. The summed E-state index contributed by atoms with van der Waals surface area (Å²) < 4.78 is 0. The molecular formula is C20H19N3O. The Bertz CT molecular complexity index is 950. The van der Waals surface area contributed by atoms with Gasteiger partial charge in [0.05, 0.1) is 0 Å². The molecule has 0 radical (unpaired) electrons. The van der Waals surface area contributed by atoms with Gasteiger partial charge in [-0.05, 0) is 55.3 Å². The second kappa shape index (κ2) is 5.02. The molecule has 1 aliphatic heterocycles. The molecule has 5 rings (SSSR count). The molecule has 4 nitrogen and oxygen atoms in total. The number of H-pyrrole nitrogens is 1. The zero-order valence-electron chi connectivity index (χ0n) is 13.4. The average molecular weight is 317 g/mol. The minimum atomic E-state index is 0.0397. The summed E-state index contributed by atoms with van der Waals surface area (Å²) in [6.45, 7) is 1.99. The molecule has 0 atom stereocenters. The third-order valence-electron chi connectivity index (χ3n) is 5.71. The molecule has 2 aliphatic rings. The van der Waals surface area contributed by atoms with Crippen molar-refractivity contribution in [1.82, 2.24) is 15.3 Å². The number of nitrogens with zero attached hydrogens (tertiary/aromatic N) is 1. The summed E-state index contributed by atoms with van der Waals surface area (Å²) in [4.78, 5) is 20.1. The number of Topliss-reactive ketones (excluding diaryl/α,β-unsaturated/α-hetero) is 1. The van der Waals surface area contributed by atoms with Crippen LogP contribution in [0.4, 0.5) is 0 Å². The Morgan fingerprint density at radius 3 is 2.83 bits per heavy atom. The maximum absolute atomic E-state index is 12.5. The number of aromatic amines is 1. The highest BCUT2D eigenvalue weighted by atomic mass is 16.1. The van der Waals surface area contributed by atoms with Crippen LogP contribution in [-0.2, 0) is 5.41 Å². The van der Waals surface area contributed by atoms with E-state index in [0.717, 1.165) is 48.1 Å². The number of hydrogen-bond donors (Lipinski definition) is 2. The molecule has 1 aromatic carbocycles. The Kier molecular flexibility index (Phi) is 2.91. The van der Waals surface area contributed by atoms with Gasteiger partial charge in [0, 0.05) is 40.7 Å². The summed E-state index contributed by atoms with van der Waals surface area (Å²) in [5.41, 5.74) is 5.45. The van der Waals surface area contributed by atoms with Crippen molar-refractivity contribution in [2.75, 3.05) is 13.1 Å². The molecule has 1 fully saturated rings. The molecule has 120 valence electrons. The molecule has 24 heavy (non-hydrogen) atoms. The van der Waals surface area contributed by atoms with Gasteiger partial charge in [-0.25, -0.2) is 4.98 Å². The van der Waals surface area contributed by atoms with Crippen LogP contribution < -0.4 is 5.32 Å². The predicted molar refractivity (Wildman–Crippen MR) is 94.3 cm³/mol. The Labute approximate surface area is 140 Å². The number of carbonyl (C=O) groups excluding carboxylic acids is 1. The van der Waals surface area contributed by atoms with Gasteiger partial charge in [-0.15, -0.1) is 0 Å². The van der Waals surface area contributed by atoms with Crippen LogP contribution in [0.3, 0.4) is 0 Å². The van der Waals surface area contributed by atoms with Crippen molar-refractivity contribution in [1.29, 1.82) is 0 Å². The highest BCUT2D eigenvalue weighted by Gasteiger charge is 2.43. The highest BCUT2D eigenvalue weighted by molar-refractivity contribution is 6.03. The Morgan fingerprint density at radius 2 is 1.96 bits per heavy atom. The molecule has 1 aliphatic carbocycles. The monoisotopic (exact) mass is 317 g/mol. The maximum atomic E-state index is 12.5. The van der Waals surface area contributed by atoms with Crippen LogP contribution in [0.15, 0.2) is 42.7 Å². The van der Waals surface area contributed by atoms with E-state index in [9.17, 15) is 4.79 Å². The highest BCUT2D eigenvalue weighted by Crippen LogP contribution is 2.46. The van der Waals surface area contributed by atoms with E-state index in [1.165, 1.54) is 11.1 Å². The summed E-state index contributed by atoms with van der Waals surface area (Å²) in [5, 5.41) is 4.55. The van der Waals surface area contributed by atoms with Crippen molar-refractivity contribution in [3.05, 3.63) is 53.9 Å². The van der Waals surface area contributed by atoms with E-state index in [0.29, 0.717) is 12.2 Å². The second-order valence-corrected chi connectivity index (χ2v) is 6.99. The molecule has 3 heterocycles. The van der Waals surface area contributed by atoms with Gasteiger partial charge in [0.2, 0.25) is 0 Å². The quantitative estimate of drug-likeness (QED) is 0.723. The number of fused-ring (bicyclic) bond motifs is 3. The van der Waals surface area contributed by atoms with Crippen LogP contribution in [0.1, 0.15) is 35.2 Å². The van der Waals surface area contributed by atoms with Gasteiger partial charge in [0.15, 0.2) is 5.78 Å². The fraction of sp³-hybridized carbons (Fsp3) is 0.300. The van der Waals surface area contributed by atoms with Crippen LogP contribution in [0, 0.1) is 0 Å². The summed E-state index contributed by atoms with van der Waals surface area (Å²) >= 11 is 0. The first-order valence-electron chi connectivity index (χ1n) is 8.58. The van der Waals surface area contributed by atoms with E-state index in [4.69, 9.17) is 0 Å². The zero-order valence-corrected chi connectivity index (χ0v) is 13.4. The lowest BCUT2D eigenvalue weighted by atomic mass is 9.74. The van der Waals surface area contributed by atoms with Gasteiger partial charge in [-0.2, -0.15) is 0 Å². The average Bonchev–Trinajstić information content (AvgIpc) is 3.16. The molecule has 3 aromatic rings. The van der Waals surface area contributed by atoms with Crippen LogP contribution in [-0.4, -0.2) is 28.8 Å². The number of carbonyl (C=O) groups is 1. The lowest BCUT2D eigenvalue weighted by Crippen LogP contribution is -2.38. The lowest BCUT2D eigenvalue weighted by molar-refractivity contribution is 0.0964. The molecule has 0 saturated carbocycles. The van der Waals surface area contributed by atoms with E-state index < -0.39 is 0 Å². The molecule has 0 bridgehead atoms. The number of hydrogen-bond acceptors (Lipinski definition) is 3. The smallest absolute Gasteiger partial charge is 0.164 e. The fourth-order valence-electron chi connectivity index (χ4n) is 4.44. The minimum absolute atomic E-state index is 0.0397. The number of pyridine rings is 1. The Morgan fingerprint density at radius 1 is 1.08 bits per heavy atom. The first-order valence-corrected chi connectivity index (χ1v) is 8.58. The number of nitrogens with one attached hydrogen (secondary N) is 2. The first-order chi connectivity index (χ1) is 11.8. The van der Waals surface area contributed by atoms with Gasteiger partial charge in [-0.3, -0.25) is 4.79 Å². The van der Waals surface area contributed by atoms with Crippen molar-refractivity contribution in [3.8, 4) is 11.1 Å². The molecule has 1 saturated heterocycles. The molecule has 2 aromatic heterocycles. The van der Waals surface area contributed by atoms with E-state index in [1.807, 2.05) is 18.3 Å². The molecule has 0 amide bonds. The van der Waals surface area contributed by atoms with Gasteiger partial charge in [0.1, 0.15) is 5.65 Å². The van der Waals surface area contributed by atoms with Gasteiger partial charge in [0.25, 0.3) is 0 Å². The van der Waals surface area contributed by atoms with Crippen molar-refractivity contribution in [3.63, 3.8) is 0 Å². The third kappa shape index (κ3) is 1.89. The number of piperidine rings is 1. The molecule has 4 heteroatoms. The number of ketones is 1. The van der Waals surface area contributed by atoms with Gasteiger partial charge in [-0.1, -0.05) is 12.1 Å². The standard InChI is InChI=1S/C20H19N3O/c24-18-11-20(5-8-21-9-6-20)17-10-13(3-4-15(17)18)16-12-23-19-14(16)2-1-7-22-19/h1-4,7,10,12,21H,5-6,8-9,11H2,(H,22,23). The molecule has 1 spiro atoms. The van der Waals surface area contributed by atoms with E-state index in [-0.39, 0.29) is 5.41 Å². The molecular weight excluding hydrogens is 298 g/mol. The minimum Gasteiger partial charge on any atom is -0.346 e. The topological polar surface area (TPSA) is 57.8 Å². The van der Waals surface area contributed by atoms with Crippen LogP contribution in [0.2, 0.25) is 0 Å². The van der Waals surface area contributed by atoms with Gasteiger partial charge >= 0.3 is 0 Å². The summed E-state index contributed by atoms with van der Waals surface area (Å²) in [6, 6.07) is 10.4. The van der Waals surface area contributed by atoms with Crippen molar-refractivity contribution in [2.45, 2.75) is 24.7 Å². The van der Waals surface area contributed by atoms with E-state index in [1.54, 1.807) is 6.20 Å². The SMILES string of the molecule is O=C1CC2(CCNCC2)c2cc(-c3c[nH]c4ncccc34)ccc21. The van der Waals surface area contributed by atoms with Crippen molar-refractivity contribution >= 4 is 16.8 Å². The summed E-state index contributed by atoms with van der Waals surface area (Å²) in [6.07, 6.45) is 6.58. The van der Waals surface area contributed by atoms with Crippen LogP contribution >= 0.6 is 0 Å². The van der Waals surface area contributed by atoms with Crippen molar-refractivity contribution < 1.29 is 4.79 Å². The Balaban J connectivity index is 1.68.